The van der Waals surface area contributed by atoms with E-state index in [9.17, 15) is 8.42 Å². The van der Waals surface area contributed by atoms with Crippen LogP contribution in [0.2, 0.25) is 0 Å². The molecule has 3 nitrogen and oxygen atoms in total. The highest BCUT2D eigenvalue weighted by Crippen LogP contribution is 2.23. The first-order chi connectivity index (χ1) is 5.49. The van der Waals surface area contributed by atoms with E-state index in [0.717, 1.165) is 6.42 Å². The Morgan fingerprint density at radius 1 is 1.58 bits per heavy atom. The molecular formula is C7H13ClO3S. The van der Waals surface area contributed by atoms with Crippen molar-refractivity contribution >= 4 is 19.7 Å². The van der Waals surface area contributed by atoms with Gasteiger partial charge in [-0.25, -0.2) is 8.42 Å². The minimum absolute atomic E-state index is 0.0824. The standard InChI is InChI=1S/C7H13ClO3S/c1-6-4-11-3-2-7(6)5-12(8,9)10/h6-7H,2-5H2,1H3. The van der Waals surface area contributed by atoms with Crippen LogP contribution in [-0.2, 0) is 13.8 Å². The third-order valence-electron chi connectivity index (χ3n) is 2.23. The summed E-state index contributed by atoms with van der Waals surface area (Å²) in [7, 11) is 1.82. The van der Waals surface area contributed by atoms with E-state index in [1.54, 1.807) is 0 Å². The fourth-order valence-corrected chi connectivity index (χ4v) is 2.92. The number of rotatable bonds is 2. The van der Waals surface area contributed by atoms with Crippen LogP contribution < -0.4 is 0 Å². The first-order valence-electron chi connectivity index (χ1n) is 3.99. The fourth-order valence-electron chi connectivity index (χ4n) is 1.43. The van der Waals surface area contributed by atoms with Crippen molar-refractivity contribution in [2.24, 2.45) is 11.8 Å². The summed E-state index contributed by atoms with van der Waals surface area (Å²) < 4.78 is 26.7. The van der Waals surface area contributed by atoms with Gasteiger partial charge in [-0.15, -0.1) is 0 Å². The zero-order valence-corrected chi connectivity index (χ0v) is 8.57. The predicted octanol–water partition coefficient (Wildman–Crippen LogP) is 1.23. The molecule has 1 saturated heterocycles. The van der Waals surface area contributed by atoms with Gasteiger partial charge in [0, 0.05) is 23.9 Å². The average molecular weight is 213 g/mol. The molecule has 0 aliphatic carbocycles. The maximum atomic E-state index is 10.8. The molecular weight excluding hydrogens is 200 g/mol. The van der Waals surface area contributed by atoms with Gasteiger partial charge in [0.1, 0.15) is 0 Å². The largest absolute Gasteiger partial charge is 0.381 e. The number of hydrogen-bond acceptors (Lipinski definition) is 3. The summed E-state index contributed by atoms with van der Waals surface area (Å²) in [6, 6.07) is 0. The van der Waals surface area contributed by atoms with Gasteiger partial charge in [0.15, 0.2) is 0 Å². The van der Waals surface area contributed by atoms with Gasteiger partial charge in [-0.3, -0.25) is 0 Å². The summed E-state index contributed by atoms with van der Waals surface area (Å²) in [5.74, 6) is 0.549. The maximum absolute atomic E-state index is 10.8. The zero-order chi connectivity index (χ0) is 9.19. The fraction of sp³-hybridized carbons (Fsp3) is 1.00. The summed E-state index contributed by atoms with van der Waals surface area (Å²) >= 11 is 0. The van der Waals surface area contributed by atoms with E-state index in [4.69, 9.17) is 15.4 Å². The molecule has 0 aromatic rings. The molecule has 72 valence electrons. The van der Waals surface area contributed by atoms with E-state index < -0.39 is 9.05 Å². The minimum atomic E-state index is -3.34. The number of halogens is 1. The molecule has 1 aliphatic heterocycles. The quantitative estimate of drug-likeness (QED) is 0.647. The van der Waals surface area contributed by atoms with E-state index in [2.05, 4.69) is 0 Å². The lowest BCUT2D eigenvalue weighted by molar-refractivity contribution is 0.0314. The molecule has 12 heavy (non-hydrogen) atoms. The highest BCUT2D eigenvalue weighted by Gasteiger charge is 2.25. The van der Waals surface area contributed by atoms with Gasteiger partial charge < -0.3 is 4.74 Å². The first kappa shape index (κ1) is 10.3. The third-order valence-corrected chi connectivity index (χ3v) is 3.44. The van der Waals surface area contributed by atoms with Crippen LogP contribution in [0.4, 0.5) is 0 Å². The Morgan fingerprint density at radius 3 is 2.75 bits per heavy atom. The van der Waals surface area contributed by atoms with Crippen LogP contribution in [0.3, 0.4) is 0 Å². The van der Waals surface area contributed by atoms with E-state index in [1.165, 1.54) is 0 Å². The molecule has 0 spiro atoms. The van der Waals surface area contributed by atoms with Crippen molar-refractivity contribution in [3.8, 4) is 0 Å². The summed E-state index contributed by atoms with van der Waals surface area (Å²) in [6.45, 7) is 3.30. The Balaban J connectivity index is 2.50. The van der Waals surface area contributed by atoms with Gasteiger partial charge in [0.25, 0.3) is 0 Å². The van der Waals surface area contributed by atoms with Crippen LogP contribution >= 0.6 is 10.7 Å². The second kappa shape index (κ2) is 3.94. The van der Waals surface area contributed by atoms with Gasteiger partial charge >= 0.3 is 0 Å². The van der Waals surface area contributed by atoms with Gasteiger partial charge in [0.2, 0.25) is 9.05 Å². The minimum Gasteiger partial charge on any atom is -0.381 e. The monoisotopic (exact) mass is 212 g/mol. The van der Waals surface area contributed by atoms with Crippen molar-refractivity contribution < 1.29 is 13.2 Å². The van der Waals surface area contributed by atoms with Gasteiger partial charge in [-0.05, 0) is 18.3 Å². The topological polar surface area (TPSA) is 43.4 Å². The summed E-state index contributed by atoms with van der Waals surface area (Å²) in [5, 5.41) is 0. The Bertz CT molecular complexity index is 237. The molecule has 0 amide bonds. The van der Waals surface area contributed by atoms with Crippen LogP contribution in [0.1, 0.15) is 13.3 Å². The SMILES string of the molecule is CC1COCCC1CS(=O)(=O)Cl. The molecule has 0 saturated carbocycles. The Hall–Kier alpha value is 0.200. The van der Waals surface area contributed by atoms with E-state index in [0.29, 0.717) is 19.1 Å². The molecule has 0 radical (unpaired) electrons. The highest BCUT2D eigenvalue weighted by atomic mass is 35.7. The Kier molecular flexibility index (Phi) is 3.37. The molecule has 5 heteroatoms. The van der Waals surface area contributed by atoms with Crippen molar-refractivity contribution in [1.29, 1.82) is 0 Å². The summed E-state index contributed by atoms with van der Waals surface area (Å²) in [6.07, 6.45) is 0.799. The highest BCUT2D eigenvalue weighted by molar-refractivity contribution is 8.13. The molecule has 0 aromatic heterocycles. The van der Waals surface area contributed by atoms with Gasteiger partial charge in [-0.1, -0.05) is 6.92 Å². The summed E-state index contributed by atoms with van der Waals surface area (Å²) in [5.41, 5.74) is 0. The van der Waals surface area contributed by atoms with Gasteiger partial charge in [0.05, 0.1) is 5.75 Å². The van der Waals surface area contributed by atoms with Crippen molar-refractivity contribution in [3.05, 3.63) is 0 Å². The van der Waals surface area contributed by atoms with Crippen LogP contribution in [0, 0.1) is 11.8 Å². The smallest absolute Gasteiger partial charge is 0.232 e. The number of hydrogen-bond donors (Lipinski definition) is 0. The third kappa shape index (κ3) is 3.29. The zero-order valence-electron chi connectivity index (χ0n) is 6.99. The van der Waals surface area contributed by atoms with Crippen molar-refractivity contribution in [3.63, 3.8) is 0 Å². The van der Waals surface area contributed by atoms with Gasteiger partial charge in [-0.2, -0.15) is 0 Å². The Labute approximate surface area is 77.5 Å². The van der Waals surface area contributed by atoms with Crippen LogP contribution in [0.15, 0.2) is 0 Å². The number of ether oxygens (including phenoxy) is 1. The summed E-state index contributed by atoms with van der Waals surface area (Å²) in [4.78, 5) is 0. The molecule has 0 aromatic carbocycles. The molecule has 1 aliphatic rings. The van der Waals surface area contributed by atoms with Crippen molar-refractivity contribution in [1.82, 2.24) is 0 Å². The first-order valence-corrected chi connectivity index (χ1v) is 6.47. The lowest BCUT2D eigenvalue weighted by Crippen LogP contribution is -2.29. The maximum Gasteiger partial charge on any atom is 0.232 e. The molecule has 1 heterocycles. The van der Waals surface area contributed by atoms with Crippen molar-refractivity contribution in [2.45, 2.75) is 13.3 Å². The molecule has 2 unspecified atom stereocenters. The van der Waals surface area contributed by atoms with Crippen LogP contribution in [0.5, 0.6) is 0 Å². The molecule has 1 rings (SSSR count). The second-order valence-corrected chi connectivity index (χ2v) is 6.13. The average Bonchev–Trinajstić information content (AvgIpc) is 1.91. The van der Waals surface area contributed by atoms with Crippen molar-refractivity contribution in [2.75, 3.05) is 19.0 Å². The van der Waals surface area contributed by atoms with Crippen LogP contribution in [0.25, 0.3) is 0 Å². The van der Waals surface area contributed by atoms with E-state index in [1.807, 2.05) is 6.92 Å². The lowest BCUT2D eigenvalue weighted by atomic mass is 9.92. The molecule has 0 bridgehead atoms. The van der Waals surface area contributed by atoms with Crippen LogP contribution in [-0.4, -0.2) is 27.4 Å². The second-order valence-electron chi connectivity index (χ2n) is 3.31. The van der Waals surface area contributed by atoms with E-state index in [-0.39, 0.29) is 11.7 Å². The normalized spacial score (nSPS) is 31.8. The van der Waals surface area contributed by atoms with E-state index >= 15 is 0 Å². The predicted molar refractivity (Wildman–Crippen MR) is 47.7 cm³/mol. The molecule has 0 N–H and O–H groups in total. The lowest BCUT2D eigenvalue weighted by Gasteiger charge is -2.27. The molecule has 1 fully saturated rings. The molecule has 2 atom stereocenters. The Morgan fingerprint density at radius 2 is 2.25 bits per heavy atom.